The summed E-state index contributed by atoms with van der Waals surface area (Å²) in [5, 5.41) is 13.8. The fourth-order valence-corrected chi connectivity index (χ4v) is 4.36. The molecule has 0 radical (unpaired) electrons. The van der Waals surface area contributed by atoms with E-state index in [0.29, 0.717) is 5.16 Å². The van der Waals surface area contributed by atoms with Crippen molar-refractivity contribution in [3.63, 3.8) is 0 Å². The van der Waals surface area contributed by atoms with E-state index in [2.05, 4.69) is 31.4 Å². The molecule has 0 saturated carbocycles. The second kappa shape index (κ2) is 7.72. The summed E-state index contributed by atoms with van der Waals surface area (Å²) >= 11 is 6.49. The quantitative estimate of drug-likeness (QED) is 0.586. The maximum absolute atomic E-state index is 12.5. The molecule has 25 heavy (non-hydrogen) atoms. The van der Waals surface area contributed by atoms with Crippen LogP contribution in [0.1, 0.15) is 12.5 Å². The summed E-state index contributed by atoms with van der Waals surface area (Å²) in [5.41, 5.74) is 1.90. The number of carbonyl (C=O) groups excluding carboxylic acids is 1. The maximum atomic E-state index is 12.5. The first-order valence-corrected chi connectivity index (χ1v) is 10.2. The molecule has 8 heteroatoms. The Bertz CT molecular complexity index is 892. The summed E-state index contributed by atoms with van der Waals surface area (Å²) in [4.78, 5) is 13.6. The molecule has 0 bridgehead atoms. The Morgan fingerprint density at radius 1 is 1.36 bits per heavy atom. The van der Waals surface area contributed by atoms with Crippen molar-refractivity contribution in [2.75, 3.05) is 5.32 Å². The molecule has 0 fully saturated rings. The number of hydrogen-bond acceptors (Lipinski definition) is 5. The summed E-state index contributed by atoms with van der Waals surface area (Å²) in [5.74, 6) is 0.738. The van der Waals surface area contributed by atoms with E-state index >= 15 is 0 Å². The lowest BCUT2D eigenvalue weighted by molar-refractivity contribution is -0.115. The van der Waals surface area contributed by atoms with Crippen LogP contribution in [0.3, 0.4) is 0 Å². The minimum atomic E-state index is -0.299. The Labute approximate surface area is 163 Å². The number of nitrogens with one attached hydrogen (secondary N) is 1. The van der Waals surface area contributed by atoms with Gasteiger partial charge in [0.2, 0.25) is 5.91 Å². The van der Waals surface area contributed by atoms with Gasteiger partial charge in [-0.05, 0) is 58.9 Å². The lowest BCUT2D eigenvalue weighted by atomic mass is 10.2. The molecule has 3 aromatic rings. The number of thioether (sulfide) groups is 1. The highest BCUT2D eigenvalue weighted by Gasteiger charge is 2.20. The minimum Gasteiger partial charge on any atom is -0.324 e. The minimum absolute atomic E-state index is 0.0739. The zero-order chi connectivity index (χ0) is 18.0. The third-order valence-electron chi connectivity index (χ3n) is 3.61. The van der Waals surface area contributed by atoms with Crippen molar-refractivity contribution in [1.82, 2.24) is 14.8 Å². The highest BCUT2D eigenvalue weighted by atomic mass is 79.9. The van der Waals surface area contributed by atoms with Crippen molar-refractivity contribution in [3.8, 4) is 10.7 Å². The molecule has 0 aliphatic heterocycles. The fraction of sp³-hybridized carbons (Fsp3) is 0.235. The molecule has 1 N–H and O–H groups in total. The van der Waals surface area contributed by atoms with Gasteiger partial charge in [0.1, 0.15) is 0 Å². The molecule has 130 valence electrons. The molecule has 2 heterocycles. The van der Waals surface area contributed by atoms with E-state index in [-0.39, 0.29) is 11.2 Å². The van der Waals surface area contributed by atoms with Crippen LogP contribution in [0.25, 0.3) is 10.7 Å². The van der Waals surface area contributed by atoms with Crippen LogP contribution in [0.15, 0.2) is 45.3 Å². The highest BCUT2D eigenvalue weighted by molar-refractivity contribution is 9.10. The van der Waals surface area contributed by atoms with Crippen LogP contribution in [0, 0.1) is 6.92 Å². The first-order valence-electron chi connectivity index (χ1n) is 7.62. The predicted octanol–water partition coefficient (Wildman–Crippen LogP) is 4.73. The summed E-state index contributed by atoms with van der Waals surface area (Å²) in [6.07, 6.45) is 0. The first-order chi connectivity index (χ1) is 12.0. The Morgan fingerprint density at radius 3 is 2.84 bits per heavy atom. The zero-order valence-electron chi connectivity index (χ0n) is 14.0. The molecule has 1 amide bonds. The average Bonchev–Trinajstić information content (AvgIpc) is 3.20. The van der Waals surface area contributed by atoms with Crippen molar-refractivity contribution in [3.05, 3.63) is 45.7 Å². The molecule has 5 nitrogen and oxygen atoms in total. The van der Waals surface area contributed by atoms with Gasteiger partial charge in [0.15, 0.2) is 11.0 Å². The van der Waals surface area contributed by atoms with E-state index in [4.69, 9.17) is 0 Å². The zero-order valence-corrected chi connectivity index (χ0v) is 17.2. The van der Waals surface area contributed by atoms with Gasteiger partial charge in [-0.2, -0.15) is 0 Å². The lowest BCUT2D eigenvalue weighted by Gasteiger charge is -2.13. The van der Waals surface area contributed by atoms with Gasteiger partial charge in [-0.15, -0.1) is 21.5 Å². The molecular weight excluding hydrogens is 420 g/mol. The van der Waals surface area contributed by atoms with Crippen LogP contribution in [0.4, 0.5) is 5.69 Å². The van der Waals surface area contributed by atoms with Crippen LogP contribution in [-0.4, -0.2) is 25.9 Å². The summed E-state index contributed by atoms with van der Waals surface area (Å²) in [6.45, 7) is 3.87. The van der Waals surface area contributed by atoms with Crippen LogP contribution in [-0.2, 0) is 11.8 Å². The van der Waals surface area contributed by atoms with E-state index < -0.39 is 0 Å². The molecule has 0 aliphatic carbocycles. The Kier molecular flexibility index (Phi) is 5.61. The van der Waals surface area contributed by atoms with Crippen LogP contribution >= 0.6 is 39.0 Å². The van der Waals surface area contributed by atoms with Gasteiger partial charge < -0.3 is 9.88 Å². The number of carbonyl (C=O) groups is 1. The maximum Gasteiger partial charge on any atom is 0.237 e. The molecule has 0 aliphatic rings. The lowest BCUT2D eigenvalue weighted by Crippen LogP contribution is -2.23. The molecule has 0 spiro atoms. The molecule has 3 rings (SSSR count). The molecule has 1 unspecified atom stereocenters. The monoisotopic (exact) mass is 436 g/mol. The Balaban J connectivity index is 1.69. The third kappa shape index (κ3) is 4.13. The number of halogens is 1. The average molecular weight is 437 g/mol. The molecule has 1 aromatic carbocycles. The summed E-state index contributed by atoms with van der Waals surface area (Å²) in [6, 6.07) is 9.83. The molecular formula is C17H17BrN4OS2. The van der Waals surface area contributed by atoms with Gasteiger partial charge in [0.05, 0.1) is 15.8 Å². The summed E-state index contributed by atoms with van der Waals surface area (Å²) < 4.78 is 2.79. The number of rotatable bonds is 5. The first kappa shape index (κ1) is 18.2. The third-order valence-corrected chi connectivity index (χ3v) is 6.27. The molecule has 0 saturated heterocycles. The SMILES string of the molecule is Cc1ccc(NC(=O)C(C)Sc2nnc(-c3cccs3)n2C)c(Br)c1. The molecule has 1 atom stereocenters. The Hall–Kier alpha value is -1.64. The van der Waals surface area contributed by atoms with Crippen molar-refractivity contribution in [2.45, 2.75) is 24.3 Å². The van der Waals surface area contributed by atoms with Crippen molar-refractivity contribution >= 4 is 50.6 Å². The number of benzene rings is 1. The van der Waals surface area contributed by atoms with Gasteiger partial charge in [-0.25, -0.2) is 0 Å². The van der Waals surface area contributed by atoms with Crippen molar-refractivity contribution < 1.29 is 4.79 Å². The van der Waals surface area contributed by atoms with Gasteiger partial charge in [0.25, 0.3) is 0 Å². The van der Waals surface area contributed by atoms with E-state index in [1.165, 1.54) is 11.8 Å². The van der Waals surface area contributed by atoms with Gasteiger partial charge in [-0.3, -0.25) is 4.79 Å². The van der Waals surface area contributed by atoms with E-state index in [0.717, 1.165) is 26.4 Å². The normalized spacial score (nSPS) is 12.2. The summed E-state index contributed by atoms with van der Waals surface area (Å²) in [7, 11) is 1.92. The largest absolute Gasteiger partial charge is 0.324 e. The standard InChI is InChI=1S/C17H17BrN4OS2/c1-10-6-7-13(12(18)9-10)19-16(23)11(2)25-17-21-20-15(22(17)3)14-5-4-8-24-14/h4-9,11H,1-3H3,(H,19,23). The fourth-order valence-electron chi connectivity index (χ4n) is 2.21. The second-order valence-corrected chi connectivity index (χ2v) is 8.69. The Morgan fingerprint density at radius 2 is 2.16 bits per heavy atom. The number of hydrogen-bond donors (Lipinski definition) is 1. The van der Waals surface area contributed by atoms with Crippen LogP contribution < -0.4 is 5.32 Å². The van der Waals surface area contributed by atoms with Gasteiger partial charge in [-0.1, -0.05) is 23.9 Å². The number of nitrogens with zero attached hydrogens (tertiary/aromatic N) is 3. The van der Waals surface area contributed by atoms with Crippen LogP contribution in [0.2, 0.25) is 0 Å². The smallest absolute Gasteiger partial charge is 0.237 e. The topological polar surface area (TPSA) is 59.8 Å². The second-order valence-electron chi connectivity index (χ2n) is 5.58. The number of amides is 1. The molecule has 2 aromatic heterocycles. The van der Waals surface area contributed by atoms with Crippen molar-refractivity contribution in [2.24, 2.45) is 7.05 Å². The number of anilines is 1. The van der Waals surface area contributed by atoms with E-state index in [9.17, 15) is 4.79 Å². The predicted molar refractivity (Wildman–Crippen MR) is 107 cm³/mol. The highest BCUT2D eigenvalue weighted by Crippen LogP contribution is 2.29. The van der Waals surface area contributed by atoms with Crippen LogP contribution in [0.5, 0.6) is 0 Å². The van der Waals surface area contributed by atoms with E-state index in [1.807, 2.05) is 61.2 Å². The number of aryl methyl sites for hydroxylation is 1. The van der Waals surface area contributed by atoms with Crippen molar-refractivity contribution in [1.29, 1.82) is 0 Å². The van der Waals surface area contributed by atoms with Gasteiger partial charge >= 0.3 is 0 Å². The number of aromatic nitrogens is 3. The number of thiophene rings is 1. The van der Waals surface area contributed by atoms with E-state index in [1.54, 1.807) is 11.3 Å². The van der Waals surface area contributed by atoms with Gasteiger partial charge in [0, 0.05) is 11.5 Å².